The molecule has 0 fully saturated rings. The van der Waals surface area contributed by atoms with E-state index in [4.69, 9.17) is 0 Å². The second-order valence-corrected chi connectivity index (χ2v) is 9.71. The summed E-state index contributed by atoms with van der Waals surface area (Å²) in [7, 11) is -3.91. The molecule has 0 aliphatic carbocycles. The Bertz CT molecular complexity index is 1570. The fourth-order valence-corrected chi connectivity index (χ4v) is 5.37. The van der Waals surface area contributed by atoms with Gasteiger partial charge in [-0.2, -0.15) is 0 Å². The molecule has 5 aromatic rings. The zero-order valence-corrected chi connectivity index (χ0v) is 17.9. The van der Waals surface area contributed by atoms with Crippen LogP contribution < -0.4 is 10.0 Å². The Labute approximate surface area is 186 Å². The number of amides is 1. The predicted octanol–water partition coefficient (Wildman–Crippen LogP) is 4.97. The molecule has 0 aliphatic rings. The highest BCUT2D eigenvalue weighted by Crippen LogP contribution is 2.29. The maximum absolute atomic E-state index is 13.1. The van der Waals surface area contributed by atoms with Crippen molar-refractivity contribution in [2.45, 2.75) is 4.90 Å². The molecule has 0 saturated carbocycles. The van der Waals surface area contributed by atoms with Gasteiger partial charge in [-0.25, -0.2) is 17.8 Å². The van der Waals surface area contributed by atoms with E-state index in [0.717, 1.165) is 34.4 Å². The quantitative estimate of drug-likeness (QED) is 0.340. The largest absolute Gasteiger partial charge is 0.361 e. The number of halogens is 1. The molecule has 1 amide bonds. The number of H-pyrrole nitrogens is 1. The maximum atomic E-state index is 13.1. The fourth-order valence-electron chi connectivity index (χ4n) is 3.23. The van der Waals surface area contributed by atoms with Crippen LogP contribution in [0, 0.1) is 5.82 Å². The zero-order chi connectivity index (χ0) is 22.3. The molecule has 0 radical (unpaired) electrons. The van der Waals surface area contributed by atoms with Crippen LogP contribution in [0.2, 0.25) is 0 Å². The molecule has 0 aliphatic heterocycles. The number of benzene rings is 3. The Balaban J connectivity index is 1.37. The number of nitrogens with zero attached hydrogens (tertiary/aromatic N) is 1. The van der Waals surface area contributed by atoms with E-state index in [1.165, 1.54) is 12.1 Å². The fraction of sp³-hybridized carbons (Fsp3) is 0. The number of anilines is 2. The molecule has 0 atom stereocenters. The number of nitrogens with one attached hydrogen (secondary N) is 3. The van der Waals surface area contributed by atoms with E-state index in [0.29, 0.717) is 21.5 Å². The van der Waals surface area contributed by atoms with Crippen molar-refractivity contribution in [1.82, 2.24) is 9.97 Å². The Kier molecular flexibility index (Phi) is 4.87. The van der Waals surface area contributed by atoms with Gasteiger partial charge in [0, 0.05) is 28.4 Å². The van der Waals surface area contributed by atoms with E-state index >= 15 is 0 Å². The number of aromatic nitrogens is 2. The number of aromatic amines is 1. The first-order valence-electron chi connectivity index (χ1n) is 9.45. The summed E-state index contributed by atoms with van der Waals surface area (Å²) < 4.78 is 41.1. The van der Waals surface area contributed by atoms with Crippen LogP contribution >= 0.6 is 11.3 Å². The average molecular weight is 467 g/mol. The van der Waals surface area contributed by atoms with E-state index in [-0.39, 0.29) is 15.9 Å². The Morgan fingerprint density at radius 2 is 1.81 bits per heavy atom. The normalized spacial score (nSPS) is 11.7. The van der Waals surface area contributed by atoms with Gasteiger partial charge in [-0.1, -0.05) is 11.3 Å². The van der Waals surface area contributed by atoms with Crippen molar-refractivity contribution in [2.24, 2.45) is 0 Å². The highest BCUT2D eigenvalue weighted by molar-refractivity contribution is 7.93. The molecule has 0 spiro atoms. The van der Waals surface area contributed by atoms with Gasteiger partial charge in [0.1, 0.15) is 5.82 Å². The number of carbonyl (C=O) groups is 1. The third kappa shape index (κ3) is 3.93. The number of rotatable bonds is 5. The van der Waals surface area contributed by atoms with Crippen molar-refractivity contribution in [3.63, 3.8) is 0 Å². The van der Waals surface area contributed by atoms with E-state index in [1.54, 1.807) is 18.2 Å². The molecule has 10 heteroatoms. The topological polar surface area (TPSA) is 104 Å². The Hall–Kier alpha value is -3.76. The molecule has 0 saturated heterocycles. The van der Waals surface area contributed by atoms with Gasteiger partial charge in [0.05, 0.1) is 15.1 Å². The summed E-state index contributed by atoms with van der Waals surface area (Å²) in [4.78, 5) is 20.0. The van der Waals surface area contributed by atoms with E-state index in [2.05, 4.69) is 20.0 Å². The molecule has 5 rings (SSSR count). The molecule has 7 nitrogen and oxygen atoms in total. The standard InChI is InChI=1S/C22H15FN4O3S2/c23-15-2-5-17(6-3-15)32(29,30)27-22-26-19-7-1-14(12-20(19)31-22)21(28)25-16-4-8-18-13(11-16)9-10-24-18/h1-12,24H,(H,25,28)(H,26,27). The zero-order valence-electron chi connectivity index (χ0n) is 16.3. The van der Waals surface area contributed by atoms with Gasteiger partial charge in [0.25, 0.3) is 15.9 Å². The van der Waals surface area contributed by atoms with Crippen LogP contribution in [0.3, 0.4) is 0 Å². The minimum Gasteiger partial charge on any atom is -0.361 e. The first-order valence-corrected chi connectivity index (χ1v) is 11.7. The van der Waals surface area contributed by atoms with E-state index in [1.807, 2.05) is 30.5 Å². The summed E-state index contributed by atoms with van der Waals surface area (Å²) in [6, 6.07) is 16.9. The lowest BCUT2D eigenvalue weighted by molar-refractivity contribution is 0.102. The van der Waals surface area contributed by atoms with Gasteiger partial charge in [-0.3, -0.25) is 9.52 Å². The van der Waals surface area contributed by atoms with E-state index < -0.39 is 15.8 Å². The summed E-state index contributed by atoms with van der Waals surface area (Å²) in [6.45, 7) is 0. The van der Waals surface area contributed by atoms with Gasteiger partial charge < -0.3 is 10.3 Å². The molecule has 0 bridgehead atoms. The lowest BCUT2D eigenvalue weighted by Gasteiger charge is -2.05. The summed E-state index contributed by atoms with van der Waals surface area (Å²) in [6.07, 6.45) is 1.83. The van der Waals surface area contributed by atoms with Gasteiger partial charge in [-0.05, 0) is 66.7 Å². The molecular weight excluding hydrogens is 451 g/mol. The predicted molar refractivity (Wildman–Crippen MR) is 123 cm³/mol. The smallest absolute Gasteiger partial charge is 0.263 e. The van der Waals surface area contributed by atoms with Gasteiger partial charge >= 0.3 is 0 Å². The molecule has 0 unspecified atom stereocenters. The molecule has 2 aromatic heterocycles. The van der Waals surface area contributed by atoms with Crippen molar-refractivity contribution >= 4 is 59.2 Å². The number of fused-ring (bicyclic) bond motifs is 2. The van der Waals surface area contributed by atoms with E-state index in [9.17, 15) is 17.6 Å². The third-order valence-corrected chi connectivity index (χ3v) is 7.23. The van der Waals surface area contributed by atoms with Crippen LogP contribution in [-0.2, 0) is 10.0 Å². The van der Waals surface area contributed by atoms with Crippen molar-refractivity contribution in [3.8, 4) is 0 Å². The third-order valence-electron chi connectivity index (χ3n) is 4.81. The molecule has 32 heavy (non-hydrogen) atoms. The van der Waals surface area contributed by atoms with Crippen molar-refractivity contribution in [2.75, 3.05) is 10.0 Å². The SMILES string of the molecule is O=C(Nc1ccc2[nH]ccc2c1)c1ccc2nc(NS(=O)(=O)c3ccc(F)cc3)sc2c1. The highest BCUT2D eigenvalue weighted by Gasteiger charge is 2.17. The second kappa shape index (κ2) is 7.74. The first kappa shape index (κ1) is 20.2. The number of thiazole rings is 1. The monoisotopic (exact) mass is 466 g/mol. The number of sulfonamides is 1. The lowest BCUT2D eigenvalue weighted by atomic mass is 10.2. The lowest BCUT2D eigenvalue weighted by Crippen LogP contribution is -2.12. The molecule has 3 N–H and O–H groups in total. The van der Waals surface area contributed by atoms with Gasteiger partial charge in [-0.15, -0.1) is 0 Å². The number of hydrogen-bond acceptors (Lipinski definition) is 5. The van der Waals surface area contributed by atoms with Crippen LogP contribution in [0.15, 0.2) is 77.8 Å². The summed E-state index contributed by atoms with van der Waals surface area (Å²) >= 11 is 1.10. The second-order valence-electron chi connectivity index (χ2n) is 6.99. The van der Waals surface area contributed by atoms with Crippen LogP contribution in [0.5, 0.6) is 0 Å². The van der Waals surface area contributed by atoms with Crippen molar-refractivity contribution in [3.05, 3.63) is 84.3 Å². The van der Waals surface area contributed by atoms with Crippen LogP contribution in [0.1, 0.15) is 10.4 Å². The highest BCUT2D eigenvalue weighted by atomic mass is 32.2. The summed E-state index contributed by atoms with van der Waals surface area (Å²) in [5, 5.41) is 4.00. The Morgan fingerprint density at radius 1 is 1.00 bits per heavy atom. The van der Waals surface area contributed by atoms with Crippen molar-refractivity contribution < 1.29 is 17.6 Å². The summed E-state index contributed by atoms with van der Waals surface area (Å²) in [5.41, 5.74) is 2.62. The van der Waals surface area contributed by atoms with Gasteiger partial charge in [0.15, 0.2) is 5.13 Å². The van der Waals surface area contributed by atoms with Crippen LogP contribution in [0.4, 0.5) is 15.2 Å². The molecule has 160 valence electrons. The molecule has 3 aromatic carbocycles. The minimum absolute atomic E-state index is 0.0717. The van der Waals surface area contributed by atoms with Crippen LogP contribution in [0.25, 0.3) is 21.1 Å². The maximum Gasteiger partial charge on any atom is 0.263 e. The minimum atomic E-state index is -3.91. The van der Waals surface area contributed by atoms with Crippen molar-refractivity contribution in [1.29, 1.82) is 0 Å². The number of hydrogen-bond donors (Lipinski definition) is 3. The number of carbonyl (C=O) groups excluding carboxylic acids is 1. The Morgan fingerprint density at radius 3 is 2.62 bits per heavy atom. The van der Waals surface area contributed by atoms with Gasteiger partial charge in [0.2, 0.25) is 0 Å². The summed E-state index contributed by atoms with van der Waals surface area (Å²) in [5.74, 6) is -0.814. The van der Waals surface area contributed by atoms with Crippen LogP contribution in [-0.4, -0.2) is 24.3 Å². The molecule has 2 heterocycles. The average Bonchev–Trinajstić information content (AvgIpc) is 3.38. The molecular formula is C22H15FN4O3S2. The first-order chi connectivity index (χ1) is 15.4.